The zero-order valence-electron chi connectivity index (χ0n) is 8.72. The molecule has 1 saturated heterocycles. The molecule has 2 aliphatic rings. The van der Waals surface area contributed by atoms with Crippen LogP contribution in [0.1, 0.15) is 11.9 Å². The van der Waals surface area contributed by atoms with Crippen LogP contribution in [0.3, 0.4) is 0 Å². The van der Waals surface area contributed by atoms with Crippen LogP contribution < -0.4 is 9.47 Å². The van der Waals surface area contributed by atoms with Gasteiger partial charge in [-0.05, 0) is 18.2 Å². The van der Waals surface area contributed by atoms with Crippen LogP contribution in [0.4, 0.5) is 0 Å². The van der Waals surface area contributed by atoms with E-state index in [4.69, 9.17) is 18.9 Å². The van der Waals surface area contributed by atoms with Gasteiger partial charge in [-0.1, -0.05) is 6.08 Å². The molecular formula is C12H12O4. The summed E-state index contributed by atoms with van der Waals surface area (Å²) in [6, 6.07) is 5.67. The normalized spacial score (nSPS) is 27.0. The summed E-state index contributed by atoms with van der Waals surface area (Å²) >= 11 is 0. The smallest absolute Gasteiger partial charge is 0.231 e. The van der Waals surface area contributed by atoms with E-state index in [9.17, 15) is 0 Å². The molecular weight excluding hydrogens is 208 g/mol. The van der Waals surface area contributed by atoms with Gasteiger partial charge in [0.05, 0.1) is 6.61 Å². The number of ether oxygens (including phenoxy) is 4. The summed E-state index contributed by atoms with van der Waals surface area (Å²) in [6.07, 6.45) is 1.38. The lowest BCUT2D eigenvalue weighted by molar-refractivity contribution is -0.0533. The van der Waals surface area contributed by atoms with E-state index < -0.39 is 0 Å². The molecule has 0 N–H and O–H groups in total. The Kier molecular flexibility index (Phi) is 2.31. The maximum Gasteiger partial charge on any atom is 0.231 e. The predicted molar refractivity (Wildman–Crippen MR) is 56.3 cm³/mol. The van der Waals surface area contributed by atoms with Gasteiger partial charge >= 0.3 is 0 Å². The van der Waals surface area contributed by atoms with Crippen molar-refractivity contribution in [3.63, 3.8) is 0 Å². The number of benzene rings is 1. The third kappa shape index (κ3) is 1.56. The molecule has 2 heterocycles. The molecule has 0 spiro atoms. The van der Waals surface area contributed by atoms with E-state index in [-0.39, 0.29) is 19.2 Å². The summed E-state index contributed by atoms with van der Waals surface area (Å²) in [5.74, 6) is 1.51. The molecule has 0 radical (unpaired) electrons. The highest BCUT2D eigenvalue weighted by Gasteiger charge is 2.26. The van der Waals surface area contributed by atoms with Gasteiger partial charge in [-0.2, -0.15) is 0 Å². The van der Waals surface area contributed by atoms with Crippen molar-refractivity contribution >= 4 is 0 Å². The summed E-state index contributed by atoms with van der Waals surface area (Å²) in [7, 11) is 0. The number of rotatable bonds is 2. The standard InChI is InChI=1S/C12H12O4/c1-2-9-6-13-12(16-9)8-3-4-10-11(5-8)15-7-14-10/h2-5,9,12H,1,6-7H2. The largest absolute Gasteiger partial charge is 0.454 e. The SMILES string of the molecule is C=CC1COC(c2ccc3c(c2)OCO3)O1. The topological polar surface area (TPSA) is 36.9 Å². The Bertz CT molecular complexity index is 415. The Hall–Kier alpha value is -1.52. The van der Waals surface area contributed by atoms with E-state index in [0.717, 1.165) is 17.1 Å². The predicted octanol–water partition coefficient (Wildman–Crippen LogP) is 2.02. The molecule has 0 aromatic heterocycles. The second-order valence-electron chi connectivity index (χ2n) is 3.69. The first-order valence-corrected chi connectivity index (χ1v) is 5.16. The Balaban J connectivity index is 1.82. The van der Waals surface area contributed by atoms with Crippen LogP contribution in [-0.2, 0) is 9.47 Å². The van der Waals surface area contributed by atoms with Crippen LogP contribution in [-0.4, -0.2) is 19.5 Å². The van der Waals surface area contributed by atoms with Gasteiger partial charge in [-0.3, -0.25) is 0 Å². The minimum Gasteiger partial charge on any atom is -0.454 e. The van der Waals surface area contributed by atoms with Crippen LogP contribution in [0.25, 0.3) is 0 Å². The molecule has 0 amide bonds. The van der Waals surface area contributed by atoms with Crippen LogP contribution in [0.5, 0.6) is 11.5 Å². The number of hydrogen-bond acceptors (Lipinski definition) is 4. The van der Waals surface area contributed by atoms with Crippen molar-refractivity contribution < 1.29 is 18.9 Å². The molecule has 1 aromatic carbocycles. The third-order valence-electron chi connectivity index (χ3n) is 2.64. The Morgan fingerprint density at radius 3 is 2.94 bits per heavy atom. The van der Waals surface area contributed by atoms with Gasteiger partial charge in [0.15, 0.2) is 17.8 Å². The number of fused-ring (bicyclic) bond motifs is 1. The highest BCUT2D eigenvalue weighted by atomic mass is 16.7. The molecule has 2 unspecified atom stereocenters. The molecule has 4 heteroatoms. The van der Waals surface area contributed by atoms with Gasteiger partial charge in [0, 0.05) is 5.56 Å². The molecule has 4 nitrogen and oxygen atoms in total. The van der Waals surface area contributed by atoms with Crippen LogP contribution in [0.15, 0.2) is 30.9 Å². The fraction of sp³-hybridized carbons (Fsp3) is 0.333. The minimum atomic E-state index is -0.336. The van der Waals surface area contributed by atoms with Crippen molar-refractivity contribution in [3.05, 3.63) is 36.4 Å². The highest BCUT2D eigenvalue weighted by molar-refractivity contribution is 5.44. The van der Waals surface area contributed by atoms with Gasteiger partial charge in [-0.25, -0.2) is 0 Å². The zero-order chi connectivity index (χ0) is 11.0. The quantitative estimate of drug-likeness (QED) is 0.714. The van der Waals surface area contributed by atoms with Crippen molar-refractivity contribution in [2.45, 2.75) is 12.4 Å². The van der Waals surface area contributed by atoms with Crippen molar-refractivity contribution in [2.75, 3.05) is 13.4 Å². The number of hydrogen-bond donors (Lipinski definition) is 0. The second kappa shape index (κ2) is 3.81. The first-order chi connectivity index (χ1) is 7.86. The van der Waals surface area contributed by atoms with Crippen LogP contribution >= 0.6 is 0 Å². The van der Waals surface area contributed by atoms with Crippen LogP contribution in [0, 0.1) is 0 Å². The zero-order valence-corrected chi connectivity index (χ0v) is 8.72. The summed E-state index contributed by atoms with van der Waals surface area (Å²) in [5.41, 5.74) is 0.939. The van der Waals surface area contributed by atoms with Crippen molar-refractivity contribution in [1.82, 2.24) is 0 Å². The summed E-state index contributed by atoms with van der Waals surface area (Å²) < 4.78 is 21.7. The van der Waals surface area contributed by atoms with Crippen molar-refractivity contribution in [2.24, 2.45) is 0 Å². The maximum atomic E-state index is 5.62. The van der Waals surface area contributed by atoms with Crippen LogP contribution in [0.2, 0.25) is 0 Å². The fourth-order valence-corrected chi connectivity index (χ4v) is 1.78. The Labute approximate surface area is 93.4 Å². The van der Waals surface area contributed by atoms with E-state index in [2.05, 4.69) is 6.58 Å². The molecule has 0 saturated carbocycles. The molecule has 1 aromatic rings. The first kappa shape index (κ1) is 9.69. The monoisotopic (exact) mass is 220 g/mol. The highest BCUT2D eigenvalue weighted by Crippen LogP contribution is 2.36. The van der Waals surface area contributed by atoms with Crippen molar-refractivity contribution in [1.29, 1.82) is 0 Å². The molecule has 0 aliphatic carbocycles. The van der Waals surface area contributed by atoms with E-state index in [0.29, 0.717) is 6.61 Å². The van der Waals surface area contributed by atoms with E-state index in [1.807, 2.05) is 18.2 Å². The fourth-order valence-electron chi connectivity index (χ4n) is 1.78. The van der Waals surface area contributed by atoms with Gasteiger partial charge in [0.2, 0.25) is 6.79 Å². The molecule has 2 aliphatic heterocycles. The van der Waals surface area contributed by atoms with Gasteiger partial charge in [-0.15, -0.1) is 6.58 Å². The van der Waals surface area contributed by atoms with Gasteiger partial charge < -0.3 is 18.9 Å². The molecule has 2 atom stereocenters. The summed E-state index contributed by atoms with van der Waals surface area (Å²) in [4.78, 5) is 0. The third-order valence-corrected chi connectivity index (χ3v) is 2.64. The van der Waals surface area contributed by atoms with Gasteiger partial charge in [0.25, 0.3) is 0 Å². The molecule has 0 bridgehead atoms. The maximum absolute atomic E-state index is 5.62. The van der Waals surface area contributed by atoms with Gasteiger partial charge in [0.1, 0.15) is 6.10 Å². The molecule has 1 fully saturated rings. The Morgan fingerprint density at radius 1 is 1.25 bits per heavy atom. The van der Waals surface area contributed by atoms with E-state index >= 15 is 0 Å². The minimum absolute atomic E-state index is 0.0320. The van der Waals surface area contributed by atoms with E-state index in [1.54, 1.807) is 6.08 Å². The molecule has 84 valence electrons. The average molecular weight is 220 g/mol. The molecule has 16 heavy (non-hydrogen) atoms. The van der Waals surface area contributed by atoms with Crippen molar-refractivity contribution in [3.8, 4) is 11.5 Å². The Morgan fingerprint density at radius 2 is 2.12 bits per heavy atom. The lowest BCUT2D eigenvalue weighted by atomic mass is 10.2. The lowest BCUT2D eigenvalue weighted by Gasteiger charge is -2.10. The second-order valence-corrected chi connectivity index (χ2v) is 3.69. The molecule has 3 rings (SSSR count). The first-order valence-electron chi connectivity index (χ1n) is 5.16. The average Bonchev–Trinajstić information content (AvgIpc) is 2.96. The summed E-state index contributed by atoms with van der Waals surface area (Å²) in [6.45, 7) is 4.50. The lowest BCUT2D eigenvalue weighted by Crippen LogP contribution is -2.04. The van der Waals surface area contributed by atoms with E-state index in [1.165, 1.54) is 0 Å². The summed E-state index contributed by atoms with van der Waals surface area (Å²) in [5, 5.41) is 0.